The van der Waals surface area contributed by atoms with Gasteiger partial charge in [-0.1, -0.05) is 24.3 Å². The van der Waals surface area contributed by atoms with Gasteiger partial charge >= 0.3 is 0 Å². The first kappa shape index (κ1) is 23.7. The second-order valence-electron chi connectivity index (χ2n) is 9.21. The van der Waals surface area contributed by atoms with Crippen molar-refractivity contribution in [1.29, 1.82) is 0 Å². The predicted octanol–water partition coefficient (Wildman–Crippen LogP) is 2.96. The number of amides is 2. The van der Waals surface area contributed by atoms with Crippen molar-refractivity contribution in [3.05, 3.63) is 72.2 Å². The number of ether oxygens (including phenoxy) is 1. The van der Waals surface area contributed by atoms with E-state index in [2.05, 4.69) is 15.3 Å². The van der Waals surface area contributed by atoms with Crippen LogP contribution in [0.25, 0.3) is 22.4 Å². The third-order valence-electron chi connectivity index (χ3n) is 7.06. The van der Waals surface area contributed by atoms with E-state index in [4.69, 9.17) is 9.15 Å². The Balaban J connectivity index is 1.21. The van der Waals surface area contributed by atoms with Crippen molar-refractivity contribution in [1.82, 2.24) is 19.8 Å². The second kappa shape index (κ2) is 9.62. The smallest absolute Gasteiger partial charge is 0.290 e. The molecule has 2 amide bonds. The van der Waals surface area contributed by atoms with Crippen LogP contribution in [0.15, 0.2) is 65.3 Å². The normalized spacial score (nSPS) is 16.7. The predicted molar refractivity (Wildman–Crippen MR) is 139 cm³/mol. The van der Waals surface area contributed by atoms with Crippen LogP contribution in [0.1, 0.15) is 22.0 Å². The number of para-hydroxylation sites is 1. The molecule has 0 bridgehead atoms. The van der Waals surface area contributed by atoms with Gasteiger partial charge in [-0.05, 0) is 24.3 Å². The van der Waals surface area contributed by atoms with Crippen LogP contribution in [0.4, 0.5) is 5.69 Å². The summed E-state index contributed by atoms with van der Waals surface area (Å²) in [5.74, 6) is -1.02. The van der Waals surface area contributed by atoms with E-state index in [1.54, 1.807) is 35.5 Å². The van der Waals surface area contributed by atoms with Gasteiger partial charge in [0.05, 0.1) is 24.9 Å². The lowest BCUT2D eigenvalue weighted by molar-refractivity contribution is -0.146. The second-order valence-corrected chi connectivity index (χ2v) is 9.21. The largest absolute Gasteiger partial charge is 0.495 e. The number of anilines is 1. The number of methoxy groups -OCH3 is 1. The van der Waals surface area contributed by atoms with Crippen LogP contribution in [0, 0.1) is 0 Å². The van der Waals surface area contributed by atoms with Crippen LogP contribution in [-0.2, 0) is 9.59 Å². The standard InChI is InChI=1S/C28H25N5O5/c1-37-22-16-31-24(21-14-17-6-2-3-8-20(17)38-21)25-23(22)18(15-30-25)26(34)28(36)33-12-10-32(11-13-33)27(35)19-7-4-5-9-29-19/h2-9,14,16,18,30H,10-13,15H2,1H3. The molecule has 0 radical (unpaired) electrons. The molecule has 6 rings (SSSR count). The van der Waals surface area contributed by atoms with Crippen LogP contribution in [0.3, 0.4) is 0 Å². The molecular formula is C28H25N5O5. The van der Waals surface area contributed by atoms with E-state index in [-0.39, 0.29) is 25.5 Å². The monoisotopic (exact) mass is 511 g/mol. The van der Waals surface area contributed by atoms with E-state index < -0.39 is 17.6 Å². The number of furan rings is 1. The van der Waals surface area contributed by atoms with Gasteiger partial charge < -0.3 is 24.3 Å². The number of carbonyl (C=O) groups excluding carboxylic acids is 3. The van der Waals surface area contributed by atoms with Gasteiger partial charge in [-0.25, -0.2) is 4.98 Å². The van der Waals surface area contributed by atoms with Crippen LogP contribution >= 0.6 is 0 Å². The molecule has 5 heterocycles. The van der Waals surface area contributed by atoms with Gasteiger partial charge in [-0.2, -0.15) is 0 Å². The molecular weight excluding hydrogens is 486 g/mol. The van der Waals surface area contributed by atoms with Crippen molar-refractivity contribution in [3.63, 3.8) is 0 Å². The summed E-state index contributed by atoms with van der Waals surface area (Å²) in [5, 5.41) is 4.20. The number of benzene rings is 1. The maximum absolute atomic E-state index is 13.5. The number of rotatable bonds is 5. The van der Waals surface area contributed by atoms with Crippen LogP contribution in [-0.4, -0.2) is 77.2 Å². The molecule has 4 aromatic rings. The number of aromatic nitrogens is 2. The first-order valence-corrected chi connectivity index (χ1v) is 12.4. The highest BCUT2D eigenvalue weighted by atomic mass is 16.5. The SMILES string of the molecule is COc1cnc(-c2cc3ccccc3o2)c2c1C(C(=O)C(=O)N1CCN(C(=O)c3ccccn3)CC1)CN2. The number of piperazine rings is 1. The molecule has 0 aliphatic carbocycles. The van der Waals surface area contributed by atoms with Crippen LogP contribution in [0.2, 0.25) is 0 Å². The summed E-state index contributed by atoms with van der Waals surface area (Å²) < 4.78 is 11.5. The van der Waals surface area contributed by atoms with E-state index >= 15 is 0 Å². The zero-order valence-electron chi connectivity index (χ0n) is 20.7. The molecule has 2 aliphatic heterocycles. The molecule has 1 fully saturated rings. The summed E-state index contributed by atoms with van der Waals surface area (Å²) in [6.07, 6.45) is 3.13. The highest BCUT2D eigenvalue weighted by Gasteiger charge is 2.40. The lowest BCUT2D eigenvalue weighted by Crippen LogP contribution is -2.52. The number of pyridine rings is 2. The number of ketones is 1. The van der Waals surface area contributed by atoms with Gasteiger partial charge in [0.25, 0.3) is 11.8 Å². The highest BCUT2D eigenvalue weighted by Crippen LogP contribution is 2.44. The van der Waals surface area contributed by atoms with Gasteiger partial charge in [-0.15, -0.1) is 0 Å². The van der Waals surface area contributed by atoms with Crippen molar-refractivity contribution < 1.29 is 23.5 Å². The number of hydrogen-bond donors (Lipinski definition) is 1. The summed E-state index contributed by atoms with van der Waals surface area (Å²) in [5.41, 5.74) is 2.87. The molecule has 0 saturated carbocycles. The third kappa shape index (κ3) is 4.03. The lowest BCUT2D eigenvalue weighted by Gasteiger charge is -2.34. The Labute approximate surface area is 218 Å². The Morgan fingerprint density at radius 2 is 1.76 bits per heavy atom. The minimum absolute atomic E-state index is 0.187. The van der Waals surface area contributed by atoms with E-state index in [0.717, 1.165) is 11.0 Å². The first-order chi connectivity index (χ1) is 18.5. The Kier molecular flexibility index (Phi) is 5.99. The van der Waals surface area contributed by atoms with Gasteiger partial charge in [0, 0.05) is 49.9 Å². The summed E-state index contributed by atoms with van der Waals surface area (Å²) in [7, 11) is 1.51. The number of carbonyl (C=O) groups is 3. The van der Waals surface area contributed by atoms with Crippen molar-refractivity contribution in [2.24, 2.45) is 0 Å². The quantitative estimate of drug-likeness (QED) is 0.407. The van der Waals surface area contributed by atoms with E-state index in [1.807, 2.05) is 30.3 Å². The number of hydrogen-bond acceptors (Lipinski definition) is 8. The summed E-state index contributed by atoms with van der Waals surface area (Å²) in [6.45, 7) is 1.45. The topological polar surface area (TPSA) is 118 Å². The van der Waals surface area contributed by atoms with Gasteiger partial charge in [0.2, 0.25) is 5.78 Å². The minimum Gasteiger partial charge on any atom is -0.495 e. The van der Waals surface area contributed by atoms with Crippen molar-refractivity contribution in [2.75, 3.05) is 45.2 Å². The average molecular weight is 512 g/mol. The van der Waals surface area contributed by atoms with Crippen LogP contribution in [0.5, 0.6) is 5.75 Å². The van der Waals surface area contributed by atoms with E-state index in [0.29, 0.717) is 47.2 Å². The van der Waals surface area contributed by atoms with Crippen molar-refractivity contribution in [2.45, 2.75) is 5.92 Å². The summed E-state index contributed by atoms with van der Waals surface area (Å²) >= 11 is 0. The first-order valence-electron chi connectivity index (χ1n) is 12.4. The Morgan fingerprint density at radius 1 is 1.00 bits per heavy atom. The Hall–Kier alpha value is -4.73. The maximum Gasteiger partial charge on any atom is 0.290 e. The fourth-order valence-electron chi connectivity index (χ4n) is 5.08. The summed E-state index contributed by atoms with van der Waals surface area (Å²) in [6, 6.07) is 14.7. The molecule has 1 unspecified atom stereocenters. The van der Waals surface area contributed by atoms with Crippen LogP contribution < -0.4 is 10.1 Å². The van der Waals surface area contributed by atoms with Crippen molar-refractivity contribution >= 4 is 34.3 Å². The molecule has 1 atom stereocenters. The molecule has 10 nitrogen and oxygen atoms in total. The van der Waals surface area contributed by atoms with E-state index in [9.17, 15) is 14.4 Å². The van der Waals surface area contributed by atoms with E-state index in [1.165, 1.54) is 12.0 Å². The molecule has 0 spiro atoms. The summed E-state index contributed by atoms with van der Waals surface area (Å²) in [4.78, 5) is 51.2. The molecule has 1 aromatic carbocycles. The molecule has 2 aliphatic rings. The molecule has 3 aromatic heterocycles. The Morgan fingerprint density at radius 3 is 2.50 bits per heavy atom. The number of fused-ring (bicyclic) bond motifs is 2. The minimum atomic E-state index is -0.730. The molecule has 1 saturated heterocycles. The molecule has 1 N–H and O–H groups in total. The van der Waals surface area contributed by atoms with Gasteiger partial charge in [-0.3, -0.25) is 19.4 Å². The zero-order chi connectivity index (χ0) is 26.2. The van der Waals surface area contributed by atoms with Crippen molar-refractivity contribution in [3.8, 4) is 17.2 Å². The van der Waals surface area contributed by atoms with Gasteiger partial charge in [0.15, 0.2) is 5.76 Å². The fourth-order valence-corrected chi connectivity index (χ4v) is 5.08. The number of nitrogens with zero attached hydrogens (tertiary/aromatic N) is 4. The molecule has 10 heteroatoms. The zero-order valence-corrected chi connectivity index (χ0v) is 20.7. The lowest BCUT2D eigenvalue weighted by atomic mass is 9.94. The highest BCUT2D eigenvalue weighted by molar-refractivity contribution is 6.38. The fraction of sp³-hybridized carbons (Fsp3) is 0.250. The number of nitrogens with one attached hydrogen (secondary N) is 1. The third-order valence-corrected chi connectivity index (χ3v) is 7.06. The average Bonchev–Trinajstić information content (AvgIpc) is 3.61. The Bertz CT molecular complexity index is 1510. The maximum atomic E-state index is 13.5. The number of Topliss-reactive ketones (excluding diaryl/α,β-unsaturated/α-hetero) is 1. The molecule has 38 heavy (non-hydrogen) atoms. The van der Waals surface area contributed by atoms with Gasteiger partial charge in [0.1, 0.15) is 22.7 Å². The molecule has 192 valence electrons.